The average Bonchev–Trinajstić information content (AvgIpc) is 3.08. The summed E-state index contributed by atoms with van der Waals surface area (Å²) in [5, 5.41) is 11.3. The van der Waals surface area contributed by atoms with Gasteiger partial charge >= 0.3 is 0 Å². The summed E-state index contributed by atoms with van der Waals surface area (Å²) in [6, 6.07) is 7.76. The molecular weight excluding hydrogens is 268 g/mol. The highest BCUT2D eigenvalue weighted by molar-refractivity contribution is 6.00. The minimum absolute atomic E-state index is 0.000665. The maximum atomic E-state index is 12.6. The molecule has 2 aliphatic rings. The van der Waals surface area contributed by atoms with Gasteiger partial charge in [-0.15, -0.1) is 0 Å². The van der Waals surface area contributed by atoms with Crippen molar-refractivity contribution in [3.8, 4) is 5.75 Å². The van der Waals surface area contributed by atoms with Gasteiger partial charge in [-0.05, 0) is 17.7 Å². The Morgan fingerprint density at radius 1 is 1.24 bits per heavy atom. The summed E-state index contributed by atoms with van der Waals surface area (Å²) in [6.07, 6.45) is 3.22. The molecule has 0 bridgehead atoms. The van der Waals surface area contributed by atoms with Crippen molar-refractivity contribution in [3.05, 3.63) is 53.3 Å². The maximum absolute atomic E-state index is 12.6. The number of fused-ring (bicyclic) bond motifs is 3. The Morgan fingerprint density at radius 2 is 2.00 bits per heavy atom. The molecule has 106 valence electrons. The van der Waals surface area contributed by atoms with E-state index >= 15 is 0 Å². The molecule has 1 fully saturated rings. The molecule has 6 nitrogen and oxygen atoms in total. The lowest BCUT2D eigenvalue weighted by Gasteiger charge is -2.33. The molecule has 3 heterocycles. The third-order valence-corrected chi connectivity index (χ3v) is 4.22. The Kier molecular flexibility index (Phi) is 2.49. The van der Waals surface area contributed by atoms with Crippen LogP contribution in [0.4, 0.5) is 0 Å². The molecule has 2 aliphatic heterocycles. The summed E-state index contributed by atoms with van der Waals surface area (Å²) in [5.41, 5.74) is 1.85. The zero-order valence-corrected chi connectivity index (χ0v) is 11.5. The van der Waals surface area contributed by atoms with Crippen molar-refractivity contribution in [1.82, 2.24) is 20.4 Å². The van der Waals surface area contributed by atoms with Gasteiger partial charge in [-0.1, -0.05) is 12.1 Å². The van der Waals surface area contributed by atoms with Crippen LogP contribution < -0.4 is 10.1 Å². The quantitative estimate of drug-likeness (QED) is 0.880. The van der Waals surface area contributed by atoms with Crippen LogP contribution in [0.1, 0.15) is 21.5 Å². The van der Waals surface area contributed by atoms with E-state index in [9.17, 15) is 4.79 Å². The number of carbonyl (C=O) groups excluding carboxylic acids is 1. The van der Waals surface area contributed by atoms with Gasteiger partial charge < -0.3 is 9.64 Å². The van der Waals surface area contributed by atoms with Crippen LogP contribution in [0.5, 0.6) is 5.75 Å². The van der Waals surface area contributed by atoms with E-state index in [2.05, 4.69) is 15.5 Å². The molecular formula is C15H14N4O2. The monoisotopic (exact) mass is 282 g/mol. The van der Waals surface area contributed by atoms with Crippen molar-refractivity contribution in [2.45, 2.75) is 5.66 Å². The van der Waals surface area contributed by atoms with Gasteiger partial charge in [0.2, 0.25) is 0 Å². The molecule has 0 saturated carbocycles. The summed E-state index contributed by atoms with van der Waals surface area (Å²) >= 11 is 0. The van der Waals surface area contributed by atoms with E-state index < -0.39 is 5.66 Å². The minimum Gasteiger partial charge on any atom is -0.497 e. The Morgan fingerprint density at radius 3 is 2.76 bits per heavy atom. The van der Waals surface area contributed by atoms with Crippen LogP contribution in [0, 0.1) is 0 Å². The summed E-state index contributed by atoms with van der Waals surface area (Å²) in [6.45, 7) is 1.42. The molecule has 4 rings (SSSR count). The highest BCUT2D eigenvalue weighted by atomic mass is 16.5. The van der Waals surface area contributed by atoms with Gasteiger partial charge in [0.05, 0.1) is 25.1 Å². The smallest absolute Gasteiger partial charge is 0.258 e. The van der Waals surface area contributed by atoms with Crippen molar-refractivity contribution >= 4 is 5.91 Å². The van der Waals surface area contributed by atoms with Gasteiger partial charge in [0.1, 0.15) is 11.4 Å². The molecule has 1 unspecified atom stereocenters. The second kappa shape index (κ2) is 4.26. The molecule has 6 heteroatoms. The van der Waals surface area contributed by atoms with E-state index in [1.54, 1.807) is 19.5 Å². The Hall–Kier alpha value is -2.47. The molecule has 0 radical (unpaired) electrons. The SMILES string of the molecule is COc1ccc(C23NCCN2C(=O)c2cnncc23)cc1. The topological polar surface area (TPSA) is 67.3 Å². The van der Waals surface area contributed by atoms with E-state index in [1.807, 2.05) is 29.2 Å². The van der Waals surface area contributed by atoms with Crippen LogP contribution in [-0.2, 0) is 5.66 Å². The number of hydrogen-bond acceptors (Lipinski definition) is 5. The Bertz CT molecular complexity index is 716. The van der Waals surface area contributed by atoms with E-state index in [0.29, 0.717) is 12.1 Å². The van der Waals surface area contributed by atoms with Crippen LogP contribution in [0.25, 0.3) is 0 Å². The molecule has 1 aromatic heterocycles. The molecule has 1 atom stereocenters. The number of hydrogen-bond donors (Lipinski definition) is 1. The van der Waals surface area contributed by atoms with Crippen LogP contribution in [-0.4, -0.2) is 41.2 Å². The van der Waals surface area contributed by atoms with Gasteiger partial charge in [-0.3, -0.25) is 10.1 Å². The lowest BCUT2D eigenvalue weighted by atomic mass is 9.93. The molecule has 0 spiro atoms. The van der Waals surface area contributed by atoms with E-state index in [0.717, 1.165) is 23.4 Å². The second-order valence-corrected chi connectivity index (χ2v) is 5.14. The summed E-state index contributed by atoms with van der Waals surface area (Å²) in [5.74, 6) is 0.790. The molecule has 1 N–H and O–H groups in total. The van der Waals surface area contributed by atoms with Gasteiger partial charge in [0.25, 0.3) is 5.91 Å². The summed E-state index contributed by atoms with van der Waals surface area (Å²) in [4.78, 5) is 14.4. The zero-order chi connectivity index (χ0) is 14.4. The van der Waals surface area contributed by atoms with Gasteiger partial charge in [-0.25, -0.2) is 0 Å². The lowest BCUT2D eigenvalue weighted by Crippen LogP contribution is -2.46. The summed E-state index contributed by atoms with van der Waals surface area (Å²) in [7, 11) is 1.64. The minimum atomic E-state index is -0.630. The number of methoxy groups -OCH3 is 1. The third-order valence-electron chi connectivity index (χ3n) is 4.22. The average molecular weight is 282 g/mol. The number of nitrogens with one attached hydrogen (secondary N) is 1. The number of rotatable bonds is 2. The first-order chi connectivity index (χ1) is 10.3. The van der Waals surface area contributed by atoms with E-state index in [1.165, 1.54) is 0 Å². The Balaban J connectivity index is 1.93. The predicted octanol–water partition coefficient (Wildman–Crippen LogP) is 0.745. The van der Waals surface area contributed by atoms with E-state index in [-0.39, 0.29) is 5.91 Å². The molecule has 1 saturated heterocycles. The van der Waals surface area contributed by atoms with Gasteiger partial charge in [0, 0.05) is 18.7 Å². The first kappa shape index (κ1) is 12.3. The number of ether oxygens (including phenoxy) is 1. The highest BCUT2D eigenvalue weighted by Crippen LogP contribution is 2.43. The van der Waals surface area contributed by atoms with Crippen molar-refractivity contribution in [1.29, 1.82) is 0 Å². The van der Waals surface area contributed by atoms with Gasteiger partial charge in [-0.2, -0.15) is 10.2 Å². The summed E-state index contributed by atoms with van der Waals surface area (Å²) < 4.78 is 5.21. The fourth-order valence-electron chi connectivity index (χ4n) is 3.28. The van der Waals surface area contributed by atoms with Gasteiger partial charge in [0.15, 0.2) is 0 Å². The Labute approximate surface area is 121 Å². The number of amides is 1. The lowest BCUT2D eigenvalue weighted by molar-refractivity contribution is 0.0694. The molecule has 0 aliphatic carbocycles. The molecule has 2 aromatic rings. The molecule has 1 aromatic carbocycles. The maximum Gasteiger partial charge on any atom is 0.258 e. The molecule has 21 heavy (non-hydrogen) atoms. The first-order valence-corrected chi connectivity index (χ1v) is 6.80. The van der Waals surface area contributed by atoms with Crippen molar-refractivity contribution in [3.63, 3.8) is 0 Å². The number of carbonyl (C=O) groups is 1. The van der Waals surface area contributed by atoms with Crippen LogP contribution in [0.15, 0.2) is 36.7 Å². The van der Waals surface area contributed by atoms with E-state index in [4.69, 9.17) is 4.74 Å². The predicted molar refractivity (Wildman–Crippen MR) is 74.8 cm³/mol. The first-order valence-electron chi connectivity index (χ1n) is 6.80. The number of benzene rings is 1. The van der Waals surface area contributed by atoms with Crippen LogP contribution in [0.3, 0.4) is 0 Å². The van der Waals surface area contributed by atoms with Crippen LogP contribution in [0.2, 0.25) is 0 Å². The fourth-order valence-corrected chi connectivity index (χ4v) is 3.28. The number of aromatic nitrogens is 2. The van der Waals surface area contributed by atoms with Crippen molar-refractivity contribution in [2.75, 3.05) is 20.2 Å². The number of nitrogens with zero attached hydrogens (tertiary/aromatic N) is 3. The normalized spacial score (nSPS) is 23.1. The second-order valence-electron chi connectivity index (χ2n) is 5.14. The van der Waals surface area contributed by atoms with Crippen molar-refractivity contribution < 1.29 is 9.53 Å². The fraction of sp³-hybridized carbons (Fsp3) is 0.267. The third kappa shape index (κ3) is 1.48. The van der Waals surface area contributed by atoms with Crippen molar-refractivity contribution in [2.24, 2.45) is 0 Å². The largest absolute Gasteiger partial charge is 0.497 e. The molecule has 1 amide bonds. The van der Waals surface area contributed by atoms with Crippen LogP contribution >= 0.6 is 0 Å². The standard InChI is InChI=1S/C15H14N4O2/c1-21-11-4-2-10(3-5-11)15-13-9-18-17-8-12(13)14(20)19(15)7-6-16-15/h2-5,8-9,16H,6-7H2,1H3. The zero-order valence-electron chi connectivity index (χ0n) is 11.5. The highest BCUT2D eigenvalue weighted by Gasteiger charge is 2.53.